The van der Waals surface area contributed by atoms with Crippen LogP contribution in [0.2, 0.25) is 0 Å². The van der Waals surface area contributed by atoms with E-state index in [-0.39, 0.29) is 11.9 Å². The molecule has 0 fully saturated rings. The molecule has 0 bridgehead atoms. The molecule has 0 saturated heterocycles. The predicted molar refractivity (Wildman–Crippen MR) is 107 cm³/mol. The summed E-state index contributed by atoms with van der Waals surface area (Å²) in [7, 11) is 1.63. The zero-order chi connectivity index (χ0) is 19.9. The molecule has 0 aliphatic heterocycles. The molecular weight excluding hydrogens is 356 g/mol. The average Bonchev–Trinajstić information content (AvgIpc) is 2.72. The Morgan fingerprint density at radius 1 is 1.04 bits per heavy atom. The molecule has 0 unspecified atom stereocenters. The quantitative estimate of drug-likeness (QED) is 0.615. The van der Waals surface area contributed by atoms with Crippen molar-refractivity contribution in [3.8, 4) is 34.5 Å². The minimum Gasteiger partial charge on any atom is -0.508 e. The molecule has 1 heterocycles. The van der Waals surface area contributed by atoms with Crippen molar-refractivity contribution in [1.29, 1.82) is 0 Å². The molecule has 0 radical (unpaired) electrons. The van der Waals surface area contributed by atoms with E-state index >= 15 is 0 Å². The largest absolute Gasteiger partial charge is 0.508 e. The van der Waals surface area contributed by atoms with E-state index in [1.807, 2.05) is 44.2 Å². The maximum Gasteiger partial charge on any atom is 0.217 e. The number of phenols is 1. The van der Waals surface area contributed by atoms with E-state index in [2.05, 4.69) is 9.97 Å². The first-order valence-electron chi connectivity index (χ1n) is 9.17. The van der Waals surface area contributed by atoms with Crippen LogP contribution in [-0.2, 0) is 6.61 Å². The molecule has 0 amide bonds. The van der Waals surface area contributed by atoms with Gasteiger partial charge in [-0.05, 0) is 43.2 Å². The Morgan fingerprint density at radius 2 is 1.82 bits per heavy atom. The molecule has 2 aromatic carbocycles. The molecule has 0 spiro atoms. The van der Waals surface area contributed by atoms with Gasteiger partial charge in [0, 0.05) is 23.9 Å². The van der Waals surface area contributed by atoms with Gasteiger partial charge in [0.1, 0.15) is 23.9 Å². The maximum atomic E-state index is 10.0. The lowest BCUT2D eigenvalue weighted by molar-refractivity contribution is 0.217. The van der Waals surface area contributed by atoms with E-state index < -0.39 is 0 Å². The maximum absolute atomic E-state index is 10.0. The number of aromatic nitrogens is 2. The lowest BCUT2D eigenvalue weighted by atomic mass is 10.2. The Hall–Kier alpha value is -3.28. The van der Waals surface area contributed by atoms with Gasteiger partial charge in [0.15, 0.2) is 5.82 Å². The van der Waals surface area contributed by atoms with E-state index in [1.54, 1.807) is 31.5 Å². The van der Waals surface area contributed by atoms with Crippen molar-refractivity contribution in [3.05, 3.63) is 60.3 Å². The fourth-order valence-corrected chi connectivity index (χ4v) is 2.54. The molecule has 6 heteroatoms. The van der Waals surface area contributed by atoms with Crippen LogP contribution in [0.5, 0.6) is 23.1 Å². The van der Waals surface area contributed by atoms with E-state index in [9.17, 15) is 5.11 Å². The zero-order valence-corrected chi connectivity index (χ0v) is 16.3. The molecule has 0 saturated carbocycles. The molecule has 3 rings (SSSR count). The van der Waals surface area contributed by atoms with Gasteiger partial charge in [0.05, 0.1) is 13.2 Å². The van der Waals surface area contributed by atoms with Crippen LogP contribution in [0.25, 0.3) is 11.4 Å². The lowest BCUT2D eigenvalue weighted by Gasteiger charge is -2.14. The number of rotatable bonds is 8. The highest BCUT2D eigenvalue weighted by Gasteiger charge is 2.10. The summed E-state index contributed by atoms with van der Waals surface area (Å²) < 4.78 is 16.7. The fraction of sp³-hybridized carbons (Fsp3) is 0.273. The van der Waals surface area contributed by atoms with Crippen molar-refractivity contribution in [3.63, 3.8) is 0 Å². The third-order valence-corrected chi connectivity index (χ3v) is 4.24. The number of aromatic hydroxyl groups is 1. The van der Waals surface area contributed by atoms with Gasteiger partial charge in [-0.15, -0.1) is 0 Å². The second-order valence-electron chi connectivity index (χ2n) is 6.41. The number of phenolic OH excluding ortho intramolecular Hbond substituents is 1. The minimum absolute atomic E-state index is 0.0507. The third kappa shape index (κ3) is 5.13. The highest BCUT2D eigenvalue weighted by molar-refractivity contribution is 5.60. The Bertz CT molecular complexity index is 913. The first-order valence-corrected chi connectivity index (χ1v) is 9.17. The first-order chi connectivity index (χ1) is 13.6. The van der Waals surface area contributed by atoms with Crippen molar-refractivity contribution in [2.75, 3.05) is 7.11 Å². The molecule has 1 atom stereocenters. The van der Waals surface area contributed by atoms with Gasteiger partial charge in [-0.3, -0.25) is 0 Å². The van der Waals surface area contributed by atoms with E-state index in [0.29, 0.717) is 29.6 Å². The Labute approximate surface area is 164 Å². The summed E-state index contributed by atoms with van der Waals surface area (Å²) in [4.78, 5) is 8.74. The van der Waals surface area contributed by atoms with Crippen molar-refractivity contribution in [2.45, 2.75) is 33.0 Å². The Kier molecular flexibility index (Phi) is 6.32. The molecule has 3 aromatic rings. The highest BCUT2D eigenvalue weighted by atomic mass is 16.5. The third-order valence-electron chi connectivity index (χ3n) is 4.24. The minimum atomic E-state index is 0.0507. The molecule has 1 N–H and O–H groups in total. The number of ether oxygens (including phenoxy) is 3. The second-order valence-corrected chi connectivity index (χ2v) is 6.41. The first kappa shape index (κ1) is 19.5. The summed E-state index contributed by atoms with van der Waals surface area (Å²) in [6.45, 7) is 4.40. The van der Waals surface area contributed by atoms with Crippen molar-refractivity contribution in [2.24, 2.45) is 0 Å². The van der Waals surface area contributed by atoms with Crippen LogP contribution in [0.1, 0.15) is 25.8 Å². The summed E-state index contributed by atoms with van der Waals surface area (Å²) in [6.07, 6.45) is 2.55. The average molecular weight is 380 g/mol. The summed E-state index contributed by atoms with van der Waals surface area (Å²) in [5, 5.41) is 10.0. The zero-order valence-electron chi connectivity index (χ0n) is 16.3. The van der Waals surface area contributed by atoms with Crippen LogP contribution in [0.3, 0.4) is 0 Å². The SMILES string of the molecule is CC[C@H](C)Oc1cc(O)cc(-c2nccc(OCc3ccc(OC)cc3)n2)c1. The fourth-order valence-electron chi connectivity index (χ4n) is 2.54. The Morgan fingerprint density at radius 3 is 2.54 bits per heavy atom. The van der Waals surface area contributed by atoms with Gasteiger partial charge in [-0.1, -0.05) is 19.1 Å². The van der Waals surface area contributed by atoms with E-state index in [4.69, 9.17) is 14.2 Å². The van der Waals surface area contributed by atoms with Crippen LogP contribution in [0.4, 0.5) is 0 Å². The monoisotopic (exact) mass is 380 g/mol. The molecule has 0 aliphatic rings. The standard InChI is InChI=1S/C22H24N2O4/c1-4-15(2)28-20-12-17(11-18(25)13-20)22-23-10-9-21(24-22)27-14-16-5-7-19(26-3)8-6-16/h5-13,15,25H,4,14H2,1-3H3/t15-/m0/s1. The van der Waals surface area contributed by atoms with Gasteiger partial charge in [0.2, 0.25) is 5.88 Å². The number of nitrogens with zero attached hydrogens (tertiary/aromatic N) is 2. The topological polar surface area (TPSA) is 73.7 Å². The van der Waals surface area contributed by atoms with Gasteiger partial charge < -0.3 is 19.3 Å². The van der Waals surface area contributed by atoms with Crippen LogP contribution < -0.4 is 14.2 Å². The molecule has 0 aliphatic carbocycles. The number of benzene rings is 2. The second kappa shape index (κ2) is 9.08. The Balaban J connectivity index is 1.75. The van der Waals surface area contributed by atoms with Crippen molar-refractivity contribution < 1.29 is 19.3 Å². The predicted octanol–water partition coefficient (Wildman–Crippen LogP) is 4.61. The van der Waals surface area contributed by atoms with E-state index in [0.717, 1.165) is 17.7 Å². The molecule has 6 nitrogen and oxygen atoms in total. The van der Waals surface area contributed by atoms with Gasteiger partial charge >= 0.3 is 0 Å². The molecule has 28 heavy (non-hydrogen) atoms. The van der Waals surface area contributed by atoms with Crippen LogP contribution in [0.15, 0.2) is 54.7 Å². The van der Waals surface area contributed by atoms with Crippen molar-refractivity contribution in [1.82, 2.24) is 9.97 Å². The highest BCUT2D eigenvalue weighted by Crippen LogP contribution is 2.29. The van der Waals surface area contributed by atoms with Crippen LogP contribution >= 0.6 is 0 Å². The van der Waals surface area contributed by atoms with Gasteiger partial charge in [0.25, 0.3) is 0 Å². The number of hydrogen-bond acceptors (Lipinski definition) is 6. The number of methoxy groups -OCH3 is 1. The van der Waals surface area contributed by atoms with Gasteiger partial charge in [-0.2, -0.15) is 4.98 Å². The molecule has 1 aromatic heterocycles. The summed E-state index contributed by atoms with van der Waals surface area (Å²) >= 11 is 0. The summed E-state index contributed by atoms with van der Waals surface area (Å²) in [5.41, 5.74) is 1.66. The molecular formula is C22H24N2O4. The van der Waals surface area contributed by atoms with E-state index in [1.165, 1.54) is 0 Å². The normalized spacial score (nSPS) is 11.7. The summed E-state index contributed by atoms with van der Waals surface area (Å²) in [6, 6.07) is 14.3. The van der Waals surface area contributed by atoms with Crippen LogP contribution in [0, 0.1) is 0 Å². The van der Waals surface area contributed by atoms with Crippen molar-refractivity contribution >= 4 is 0 Å². The smallest absolute Gasteiger partial charge is 0.217 e. The number of hydrogen-bond donors (Lipinski definition) is 1. The molecule has 146 valence electrons. The summed E-state index contributed by atoms with van der Waals surface area (Å²) in [5.74, 6) is 2.39. The van der Waals surface area contributed by atoms with Crippen LogP contribution in [-0.4, -0.2) is 28.3 Å². The van der Waals surface area contributed by atoms with Gasteiger partial charge in [-0.25, -0.2) is 4.98 Å². The lowest BCUT2D eigenvalue weighted by Crippen LogP contribution is -2.09.